The summed E-state index contributed by atoms with van der Waals surface area (Å²) in [6.45, 7) is 0. The van der Waals surface area contributed by atoms with Crippen molar-refractivity contribution in [2.75, 3.05) is 25.2 Å². The lowest BCUT2D eigenvalue weighted by Gasteiger charge is -2.11. The lowest BCUT2D eigenvalue weighted by Crippen LogP contribution is -2.23. The maximum Gasteiger partial charge on any atom is 0.258 e. The van der Waals surface area contributed by atoms with Crippen molar-refractivity contribution in [2.24, 2.45) is 0 Å². The zero-order chi connectivity index (χ0) is 17.8. The van der Waals surface area contributed by atoms with Crippen LogP contribution in [-0.4, -0.2) is 41.5 Å². The molecule has 3 rings (SSSR count). The van der Waals surface area contributed by atoms with E-state index in [0.717, 1.165) is 23.4 Å². The number of nitrogens with zero attached hydrogens (tertiary/aromatic N) is 2. The standard InChI is InChI=1S/C18H21N3O2S2/c1-21(2)16(22)11-24-14-9-5-3-7-12(14)17(23)20-18-19-13-8-4-6-10-15(13)25-18/h3,5,7,9H,4,6,8,10-11H2,1-2H3,(H,19,20,23). The number of hydrogen-bond donors (Lipinski definition) is 1. The number of fused-ring (bicyclic) bond motifs is 1. The number of nitrogens with one attached hydrogen (secondary N) is 1. The molecule has 0 unspecified atom stereocenters. The first-order chi connectivity index (χ1) is 12.0. The van der Waals surface area contributed by atoms with Crippen molar-refractivity contribution in [3.8, 4) is 0 Å². The maximum atomic E-state index is 12.7. The van der Waals surface area contributed by atoms with Crippen LogP contribution in [-0.2, 0) is 17.6 Å². The lowest BCUT2D eigenvalue weighted by atomic mass is 10.0. The molecule has 2 amide bonds. The van der Waals surface area contributed by atoms with E-state index in [-0.39, 0.29) is 11.8 Å². The summed E-state index contributed by atoms with van der Waals surface area (Å²) in [5, 5.41) is 3.59. The summed E-state index contributed by atoms with van der Waals surface area (Å²) in [5.74, 6) is 0.155. The van der Waals surface area contributed by atoms with Gasteiger partial charge in [-0.3, -0.25) is 14.9 Å². The fourth-order valence-electron chi connectivity index (χ4n) is 2.62. The fourth-order valence-corrected chi connectivity index (χ4v) is 4.69. The van der Waals surface area contributed by atoms with Gasteiger partial charge in [0.15, 0.2) is 5.13 Å². The molecule has 1 N–H and O–H groups in total. The molecule has 0 spiro atoms. The first-order valence-electron chi connectivity index (χ1n) is 8.26. The van der Waals surface area contributed by atoms with Crippen LogP contribution in [0.15, 0.2) is 29.2 Å². The molecular weight excluding hydrogens is 354 g/mol. The molecule has 0 aliphatic heterocycles. The van der Waals surface area contributed by atoms with E-state index in [0.29, 0.717) is 16.4 Å². The van der Waals surface area contributed by atoms with Gasteiger partial charge in [-0.1, -0.05) is 12.1 Å². The Bertz CT molecular complexity index is 763. The lowest BCUT2D eigenvalue weighted by molar-refractivity contribution is -0.125. The van der Waals surface area contributed by atoms with Crippen molar-refractivity contribution in [1.82, 2.24) is 9.88 Å². The zero-order valence-electron chi connectivity index (χ0n) is 14.4. The molecule has 0 radical (unpaired) electrons. The second kappa shape index (κ2) is 8.01. The van der Waals surface area contributed by atoms with Gasteiger partial charge in [-0.05, 0) is 37.8 Å². The normalized spacial score (nSPS) is 13.2. The Morgan fingerprint density at radius 2 is 2.00 bits per heavy atom. The number of anilines is 1. The van der Waals surface area contributed by atoms with Gasteiger partial charge in [-0.25, -0.2) is 4.98 Å². The van der Waals surface area contributed by atoms with Gasteiger partial charge >= 0.3 is 0 Å². The second-order valence-electron chi connectivity index (χ2n) is 6.12. The Labute approximate surface area is 155 Å². The minimum Gasteiger partial charge on any atom is -0.348 e. The Morgan fingerprint density at radius 3 is 2.76 bits per heavy atom. The molecule has 1 aliphatic rings. The molecule has 0 fully saturated rings. The van der Waals surface area contributed by atoms with Gasteiger partial charge in [0.2, 0.25) is 5.91 Å². The molecule has 7 heteroatoms. The highest BCUT2D eigenvalue weighted by atomic mass is 32.2. The van der Waals surface area contributed by atoms with Crippen LogP contribution in [0.4, 0.5) is 5.13 Å². The summed E-state index contributed by atoms with van der Waals surface area (Å²) < 4.78 is 0. The van der Waals surface area contributed by atoms with Crippen molar-refractivity contribution < 1.29 is 9.59 Å². The van der Waals surface area contributed by atoms with Crippen molar-refractivity contribution in [2.45, 2.75) is 30.6 Å². The van der Waals surface area contributed by atoms with Gasteiger partial charge in [-0.2, -0.15) is 0 Å². The van der Waals surface area contributed by atoms with Crippen LogP contribution < -0.4 is 5.32 Å². The van der Waals surface area contributed by atoms with Crippen molar-refractivity contribution in [1.29, 1.82) is 0 Å². The average molecular weight is 376 g/mol. The van der Waals surface area contributed by atoms with Gasteiger partial charge in [0.25, 0.3) is 5.91 Å². The number of aromatic nitrogens is 1. The summed E-state index contributed by atoms with van der Waals surface area (Å²) in [6, 6.07) is 7.36. The molecule has 132 valence electrons. The Hall–Kier alpha value is -1.86. The smallest absolute Gasteiger partial charge is 0.258 e. The Morgan fingerprint density at radius 1 is 1.24 bits per heavy atom. The van der Waals surface area contributed by atoms with E-state index in [2.05, 4.69) is 10.3 Å². The molecule has 0 bridgehead atoms. The van der Waals surface area contributed by atoms with Crippen LogP contribution in [0, 0.1) is 0 Å². The third kappa shape index (κ3) is 4.41. The number of hydrogen-bond acceptors (Lipinski definition) is 5. The SMILES string of the molecule is CN(C)C(=O)CSc1ccccc1C(=O)Nc1nc2c(s1)CCCC2. The summed E-state index contributed by atoms with van der Waals surface area (Å²) in [6.07, 6.45) is 4.42. The van der Waals surface area contributed by atoms with Crippen LogP contribution in [0.25, 0.3) is 0 Å². The molecule has 1 aliphatic carbocycles. The van der Waals surface area contributed by atoms with Crippen LogP contribution >= 0.6 is 23.1 Å². The molecular formula is C18H21N3O2S2. The highest BCUT2D eigenvalue weighted by molar-refractivity contribution is 8.00. The second-order valence-corrected chi connectivity index (χ2v) is 8.22. The predicted molar refractivity (Wildman–Crippen MR) is 103 cm³/mol. The third-order valence-electron chi connectivity index (χ3n) is 4.05. The number of carbonyl (C=O) groups is 2. The number of thiazole rings is 1. The van der Waals surface area contributed by atoms with E-state index >= 15 is 0 Å². The number of rotatable bonds is 5. The molecule has 0 saturated carbocycles. The first-order valence-corrected chi connectivity index (χ1v) is 10.1. The molecule has 1 aromatic heterocycles. The summed E-state index contributed by atoms with van der Waals surface area (Å²) in [7, 11) is 3.46. The minimum atomic E-state index is -0.175. The predicted octanol–water partition coefficient (Wildman–Crippen LogP) is 3.45. The van der Waals surface area contributed by atoms with E-state index in [1.165, 1.54) is 29.5 Å². The van der Waals surface area contributed by atoms with E-state index in [9.17, 15) is 9.59 Å². The molecule has 1 heterocycles. The van der Waals surface area contributed by atoms with Crippen LogP contribution in [0.2, 0.25) is 0 Å². The topological polar surface area (TPSA) is 62.3 Å². The minimum absolute atomic E-state index is 0.0211. The largest absolute Gasteiger partial charge is 0.348 e. The Kier molecular flexibility index (Phi) is 5.75. The number of aryl methyl sites for hydroxylation is 2. The first kappa shape index (κ1) is 17.9. The quantitative estimate of drug-likeness (QED) is 0.813. The summed E-state index contributed by atoms with van der Waals surface area (Å²) in [5.41, 5.74) is 1.71. The van der Waals surface area contributed by atoms with Gasteiger partial charge in [0.1, 0.15) is 0 Å². The zero-order valence-corrected chi connectivity index (χ0v) is 16.0. The van der Waals surface area contributed by atoms with Gasteiger partial charge in [-0.15, -0.1) is 23.1 Å². The van der Waals surface area contributed by atoms with Crippen LogP contribution in [0.1, 0.15) is 33.8 Å². The summed E-state index contributed by atoms with van der Waals surface area (Å²) in [4.78, 5) is 32.7. The van der Waals surface area contributed by atoms with Gasteiger partial charge < -0.3 is 4.90 Å². The Balaban J connectivity index is 1.71. The fraction of sp³-hybridized carbons (Fsp3) is 0.389. The number of benzene rings is 1. The molecule has 0 atom stereocenters. The average Bonchev–Trinajstić information content (AvgIpc) is 3.01. The molecule has 2 aromatic rings. The highest BCUT2D eigenvalue weighted by Crippen LogP contribution is 2.30. The molecule has 1 aromatic carbocycles. The number of carbonyl (C=O) groups excluding carboxylic acids is 2. The van der Waals surface area contributed by atoms with Crippen molar-refractivity contribution in [3.05, 3.63) is 40.4 Å². The maximum absolute atomic E-state index is 12.7. The molecule has 0 saturated heterocycles. The van der Waals surface area contributed by atoms with E-state index < -0.39 is 0 Å². The molecule has 5 nitrogen and oxygen atoms in total. The van der Waals surface area contributed by atoms with Crippen LogP contribution in [0.3, 0.4) is 0 Å². The summed E-state index contributed by atoms with van der Waals surface area (Å²) >= 11 is 2.96. The highest BCUT2D eigenvalue weighted by Gasteiger charge is 2.18. The van der Waals surface area contributed by atoms with Crippen molar-refractivity contribution in [3.63, 3.8) is 0 Å². The molecule has 25 heavy (non-hydrogen) atoms. The van der Waals surface area contributed by atoms with Crippen molar-refractivity contribution >= 4 is 40.0 Å². The number of amides is 2. The van der Waals surface area contributed by atoms with Crippen LogP contribution in [0.5, 0.6) is 0 Å². The van der Waals surface area contributed by atoms with Gasteiger partial charge in [0.05, 0.1) is 17.0 Å². The monoisotopic (exact) mass is 375 g/mol. The third-order valence-corrected chi connectivity index (χ3v) is 6.18. The number of thioether (sulfide) groups is 1. The van der Waals surface area contributed by atoms with E-state index in [1.54, 1.807) is 36.4 Å². The van der Waals surface area contributed by atoms with E-state index in [1.807, 2.05) is 18.2 Å². The van der Waals surface area contributed by atoms with E-state index in [4.69, 9.17) is 0 Å². The van der Waals surface area contributed by atoms with Gasteiger partial charge in [0, 0.05) is 23.9 Å².